The fraction of sp³-hybridized carbons (Fsp3) is 0.278. The van der Waals surface area contributed by atoms with Gasteiger partial charge in [-0.15, -0.1) is 0 Å². The zero-order chi connectivity index (χ0) is 18.1. The summed E-state index contributed by atoms with van der Waals surface area (Å²) in [5.74, 6) is 0.281. The van der Waals surface area contributed by atoms with E-state index in [0.29, 0.717) is 16.9 Å². The lowest BCUT2D eigenvalue weighted by Crippen LogP contribution is -2.24. The summed E-state index contributed by atoms with van der Waals surface area (Å²) in [6, 6.07) is 7.54. The largest absolute Gasteiger partial charge is 0.497 e. The predicted molar refractivity (Wildman–Crippen MR) is 93.0 cm³/mol. The Balaban J connectivity index is 2.20. The van der Waals surface area contributed by atoms with Crippen molar-refractivity contribution in [3.8, 4) is 16.9 Å². The van der Waals surface area contributed by atoms with Gasteiger partial charge in [-0.3, -0.25) is 14.7 Å². The molecule has 1 N–H and O–H groups in total. The van der Waals surface area contributed by atoms with Crippen LogP contribution in [0.4, 0.5) is 0 Å². The smallest absolute Gasteiger partial charge is 0.310 e. The number of fused-ring (bicyclic) bond motifs is 1. The molecular weight excluding hydrogens is 322 g/mol. The molecule has 0 amide bonds. The molecule has 0 bridgehead atoms. The molecule has 2 aromatic heterocycles. The second-order valence-electron chi connectivity index (χ2n) is 5.73. The molecule has 0 fully saturated rings. The number of carbonyl (C=O) groups is 1. The van der Waals surface area contributed by atoms with Crippen molar-refractivity contribution in [3.05, 3.63) is 51.6 Å². The average Bonchev–Trinajstić information content (AvgIpc) is 2.94. The molecule has 25 heavy (non-hydrogen) atoms. The summed E-state index contributed by atoms with van der Waals surface area (Å²) in [6.45, 7) is 3.60. The third-order valence-electron chi connectivity index (χ3n) is 4.19. The summed E-state index contributed by atoms with van der Waals surface area (Å²) in [5, 5.41) is 3.04. The predicted octanol–water partition coefficient (Wildman–Crippen LogP) is 2.03. The van der Waals surface area contributed by atoms with E-state index >= 15 is 0 Å². The summed E-state index contributed by atoms with van der Waals surface area (Å²) in [4.78, 5) is 28.9. The van der Waals surface area contributed by atoms with E-state index in [2.05, 4.69) is 14.8 Å². The van der Waals surface area contributed by atoms with Crippen LogP contribution in [0.5, 0.6) is 5.75 Å². The van der Waals surface area contributed by atoms with Gasteiger partial charge in [0.15, 0.2) is 5.65 Å². The first-order valence-corrected chi connectivity index (χ1v) is 7.78. The number of benzene rings is 1. The Hall–Kier alpha value is -3.09. The van der Waals surface area contributed by atoms with Gasteiger partial charge in [0, 0.05) is 17.0 Å². The summed E-state index contributed by atoms with van der Waals surface area (Å²) in [7, 11) is 2.90. The molecule has 130 valence electrons. The van der Waals surface area contributed by atoms with Crippen LogP contribution in [-0.2, 0) is 16.0 Å². The van der Waals surface area contributed by atoms with Crippen molar-refractivity contribution in [1.29, 1.82) is 0 Å². The summed E-state index contributed by atoms with van der Waals surface area (Å²) >= 11 is 0. The highest BCUT2D eigenvalue weighted by Crippen LogP contribution is 2.28. The van der Waals surface area contributed by atoms with Crippen LogP contribution in [0.1, 0.15) is 17.0 Å². The number of aromatic nitrogens is 3. The summed E-state index contributed by atoms with van der Waals surface area (Å²) in [6.07, 6.45) is -0.104. The molecular formula is C18H19N3O4. The molecule has 7 heteroatoms. The van der Waals surface area contributed by atoms with E-state index in [-0.39, 0.29) is 12.0 Å². The van der Waals surface area contributed by atoms with Gasteiger partial charge >= 0.3 is 5.97 Å². The van der Waals surface area contributed by atoms with Crippen LogP contribution < -0.4 is 10.3 Å². The molecule has 0 saturated carbocycles. The van der Waals surface area contributed by atoms with Gasteiger partial charge < -0.3 is 9.47 Å². The molecule has 0 atom stereocenters. The van der Waals surface area contributed by atoms with Gasteiger partial charge in [0.1, 0.15) is 5.75 Å². The molecule has 2 heterocycles. The molecule has 3 rings (SSSR count). The van der Waals surface area contributed by atoms with Crippen LogP contribution in [0.3, 0.4) is 0 Å². The Labute approximate surface area is 144 Å². The zero-order valence-corrected chi connectivity index (χ0v) is 14.5. The maximum atomic E-state index is 12.8. The lowest BCUT2D eigenvalue weighted by atomic mass is 10.1. The van der Waals surface area contributed by atoms with Gasteiger partial charge in [0.25, 0.3) is 5.56 Å². The van der Waals surface area contributed by atoms with Crippen molar-refractivity contribution in [2.45, 2.75) is 20.3 Å². The number of esters is 1. The number of aromatic amines is 1. The minimum atomic E-state index is -0.472. The van der Waals surface area contributed by atoms with Crippen molar-refractivity contribution < 1.29 is 14.3 Å². The normalized spacial score (nSPS) is 10.9. The van der Waals surface area contributed by atoms with Gasteiger partial charge in [0.05, 0.1) is 26.2 Å². The minimum absolute atomic E-state index is 0.104. The molecule has 0 saturated heterocycles. The highest BCUT2D eigenvalue weighted by atomic mass is 16.5. The molecule has 3 aromatic rings. The second-order valence-corrected chi connectivity index (χ2v) is 5.73. The fourth-order valence-corrected chi connectivity index (χ4v) is 2.85. The average molecular weight is 341 g/mol. The Kier molecular flexibility index (Phi) is 4.31. The highest BCUT2D eigenvalue weighted by molar-refractivity contribution is 5.80. The third-order valence-corrected chi connectivity index (χ3v) is 4.19. The van der Waals surface area contributed by atoms with Gasteiger partial charge in [-0.25, -0.2) is 9.50 Å². The van der Waals surface area contributed by atoms with E-state index in [0.717, 1.165) is 22.6 Å². The van der Waals surface area contributed by atoms with Crippen LogP contribution >= 0.6 is 0 Å². The van der Waals surface area contributed by atoms with Crippen molar-refractivity contribution in [1.82, 2.24) is 14.6 Å². The van der Waals surface area contributed by atoms with Gasteiger partial charge in [0.2, 0.25) is 0 Å². The van der Waals surface area contributed by atoms with E-state index in [1.807, 2.05) is 31.2 Å². The van der Waals surface area contributed by atoms with Crippen LogP contribution in [0.2, 0.25) is 0 Å². The number of H-pyrrole nitrogens is 1. The van der Waals surface area contributed by atoms with E-state index < -0.39 is 5.97 Å². The third kappa shape index (κ3) is 2.88. The highest BCUT2D eigenvalue weighted by Gasteiger charge is 2.19. The SMILES string of the molecule is COC(=O)Cc1c(C)nc2c(-c3ccc(OC)cc3)c(C)[nH]n2c1=O. The Morgan fingerprint density at radius 2 is 1.88 bits per heavy atom. The standard InChI is InChI=1S/C18H19N3O4/c1-10-14(9-15(22)25-4)18(23)21-17(19-10)16(11(2)20-21)12-5-7-13(24-3)8-6-12/h5-8,20H,9H2,1-4H3. The number of hydrogen-bond donors (Lipinski definition) is 1. The Morgan fingerprint density at radius 1 is 1.20 bits per heavy atom. The number of hydrogen-bond acceptors (Lipinski definition) is 5. The van der Waals surface area contributed by atoms with Crippen LogP contribution in [0.15, 0.2) is 29.1 Å². The van der Waals surface area contributed by atoms with E-state index in [1.165, 1.54) is 11.6 Å². The number of ether oxygens (including phenoxy) is 2. The first kappa shape index (κ1) is 16.8. The zero-order valence-electron chi connectivity index (χ0n) is 14.5. The molecule has 1 aromatic carbocycles. The minimum Gasteiger partial charge on any atom is -0.497 e. The first-order valence-electron chi connectivity index (χ1n) is 7.78. The number of carbonyl (C=O) groups excluding carboxylic acids is 1. The second kappa shape index (κ2) is 6.43. The van der Waals surface area contributed by atoms with Crippen molar-refractivity contribution in [2.75, 3.05) is 14.2 Å². The van der Waals surface area contributed by atoms with Crippen LogP contribution in [-0.4, -0.2) is 34.8 Å². The van der Waals surface area contributed by atoms with Crippen LogP contribution in [0, 0.1) is 13.8 Å². The molecule has 0 aliphatic carbocycles. The summed E-state index contributed by atoms with van der Waals surface area (Å²) in [5.41, 5.74) is 3.64. The lowest BCUT2D eigenvalue weighted by Gasteiger charge is -2.06. The number of rotatable bonds is 4. The quantitative estimate of drug-likeness (QED) is 0.734. The van der Waals surface area contributed by atoms with E-state index in [9.17, 15) is 9.59 Å². The number of aryl methyl sites for hydroxylation is 2. The van der Waals surface area contributed by atoms with Gasteiger partial charge in [-0.2, -0.15) is 0 Å². The molecule has 0 radical (unpaired) electrons. The van der Waals surface area contributed by atoms with Gasteiger partial charge in [-0.05, 0) is 31.5 Å². The topological polar surface area (TPSA) is 85.7 Å². The summed E-state index contributed by atoms with van der Waals surface area (Å²) < 4.78 is 11.2. The Bertz CT molecular complexity index is 1000. The number of methoxy groups -OCH3 is 2. The van der Waals surface area contributed by atoms with E-state index in [1.54, 1.807) is 14.0 Å². The van der Waals surface area contributed by atoms with Crippen LogP contribution in [0.25, 0.3) is 16.8 Å². The molecule has 0 unspecified atom stereocenters. The van der Waals surface area contributed by atoms with Crippen molar-refractivity contribution >= 4 is 11.6 Å². The number of nitrogens with zero attached hydrogens (tertiary/aromatic N) is 2. The van der Waals surface area contributed by atoms with Gasteiger partial charge in [-0.1, -0.05) is 12.1 Å². The maximum Gasteiger partial charge on any atom is 0.310 e. The molecule has 0 aliphatic heterocycles. The lowest BCUT2D eigenvalue weighted by molar-refractivity contribution is -0.139. The molecule has 7 nitrogen and oxygen atoms in total. The fourth-order valence-electron chi connectivity index (χ4n) is 2.85. The van der Waals surface area contributed by atoms with E-state index in [4.69, 9.17) is 4.74 Å². The Morgan fingerprint density at radius 3 is 2.48 bits per heavy atom. The number of nitrogens with one attached hydrogen (secondary N) is 1. The maximum absolute atomic E-state index is 12.8. The molecule has 0 spiro atoms. The van der Waals surface area contributed by atoms with Crippen molar-refractivity contribution in [2.24, 2.45) is 0 Å². The first-order chi connectivity index (χ1) is 12.0. The monoisotopic (exact) mass is 341 g/mol. The van der Waals surface area contributed by atoms with Crippen molar-refractivity contribution in [3.63, 3.8) is 0 Å². The molecule has 0 aliphatic rings.